The van der Waals surface area contributed by atoms with Crippen LogP contribution in [0.25, 0.3) is 12.2 Å². The molecule has 0 aliphatic carbocycles. The van der Waals surface area contributed by atoms with E-state index in [2.05, 4.69) is 15.2 Å². The van der Waals surface area contributed by atoms with Crippen molar-refractivity contribution in [2.45, 2.75) is 13.3 Å². The summed E-state index contributed by atoms with van der Waals surface area (Å²) < 4.78 is 4.96. The Labute approximate surface area is 143 Å². The van der Waals surface area contributed by atoms with Gasteiger partial charge in [0.15, 0.2) is 0 Å². The van der Waals surface area contributed by atoms with Crippen molar-refractivity contribution in [1.82, 2.24) is 15.2 Å². The molecule has 0 atom stereocenters. The third-order valence-corrected chi connectivity index (χ3v) is 3.75. The molecule has 3 rings (SSSR count). The zero-order valence-electron chi connectivity index (χ0n) is 13.8. The second-order valence-corrected chi connectivity index (χ2v) is 5.51. The number of ether oxygens (including phenoxy) is 1. The number of benzene rings is 1. The van der Waals surface area contributed by atoms with Gasteiger partial charge in [0.1, 0.15) is 0 Å². The molecule has 6 nitrogen and oxygen atoms in total. The van der Waals surface area contributed by atoms with Crippen molar-refractivity contribution >= 4 is 18.1 Å². The van der Waals surface area contributed by atoms with Crippen molar-refractivity contribution in [2.24, 2.45) is 0 Å². The highest BCUT2D eigenvalue weighted by molar-refractivity contribution is 5.89. The van der Waals surface area contributed by atoms with Crippen molar-refractivity contribution < 1.29 is 9.53 Å². The monoisotopic (exact) mass is 337 g/mol. The number of H-pyrrole nitrogens is 3. The minimum absolute atomic E-state index is 0.216. The summed E-state index contributed by atoms with van der Waals surface area (Å²) in [6, 6.07) is 11.6. The molecule has 25 heavy (non-hydrogen) atoms. The first-order valence-corrected chi connectivity index (χ1v) is 8.05. The molecule has 128 valence electrons. The number of nitrogens with one attached hydrogen (secondary N) is 3. The average Bonchev–Trinajstić information content (AvgIpc) is 3.23. The van der Waals surface area contributed by atoms with Gasteiger partial charge in [-0.1, -0.05) is 36.4 Å². The summed E-state index contributed by atoms with van der Waals surface area (Å²) in [5.74, 6) is -0.391. The van der Waals surface area contributed by atoms with Gasteiger partial charge in [-0.2, -0.15) is 0 Å². The van der Waals surface area contributed by atoms with Gasteiger partial charge in [-0.25, -0.2) is 4.79 Å². The van der Waals surface area contributed by atoms with Gasteiger partial charge >= 0.3 is 5.97 Å². The topological polar surface area (TPSA) is 90.7 Å². The van der Waals surface area contributed by atoms with Crippen LogP contribution in [-0.4, -0.2) is 27.8 Å². The summed E-state index contributed by atoms with van der Waals surface area (Å²) in [4.78, 5) is 26.7. The normalized spacial score (nSPS) is 12.5. The Morgan fingerprint density at radius 2 is 2.00 bits per heavy atom. The molecule has 0 spiro atoms. The van der Waals surface area contributed by atoms with E-state index in [4.69, 9.17) is 4.74 Å². The molecule has 1 aromatic carbocycles. The summed E-state index contributed by atoms with van der Waals surface area (Å²) in [6.07, 6.45) is 5.93. The molecule has 3 aromatic rings. The minimum atomic E-state index is -0.391. The Kier molecular flexibility index (Phi) is 4.99. The fraction of sp³-hybridized carbons (Fsp3) is 0.158. The van der Waals surface area contributed by atoms with E-state index in [0.717, 1.165) is 5.56 Å². The highest BCUT2D eigenvalue weighted by atomic mass is 16.5. The largest absolute Gasteiger partial charge is 0.462 e. The van der Waals surface area contributed by atoms with Gasteiger partial charge in [0.25, 0.3) is 5.56 Å². The molecule has 2 heterocycles. The van der Waals surface area contributed by atoms with E-state index in [1.807, 2.05) is 36.4 Å². The molecule has 3 N–H and O–H groups in total. The van der Waals surface area contributed by atoms with Crippen LogP contribution in [0.3, 0.4) is 0 Å². The predicted molar refractivity (Wildman–Crippen MR) is 95.6 cm³/mol. The summed E-state index contributed by atoms with van der Waals surface area (Å²) in [5, 5.41) is 6.70. The Morgan fingerprint density at radius 3 is 2.76 bits per heavy atom. The Morgan fingerprint density at radius 1 is 1.20 bits per heavy atom. The smallest absolute Gasteiger partial charge is 0.339 e. The summed E-state index contributed by atoms with van der Waals surface area (Å²) in [7, 11) is 0. The van der Waals surface area contributed by atoms with E-state index in [-0.39, 0.29) is 5.56 Å². The maximum Gasteiger partial charge on any atom is 0.339 e. The fourth-order valence-corrected chi connectivity index (χ4v) is 2.50. The van der Waals surface area contributed by atoms with Crippen LogP contribution in [-0.2, 0) is 11.2 Å². The van der Waals surface area contributed by atoms with Crippen LogP contribution < -0.4 is 16.1 Å². The molecular formula is C19H19N3O3. The molecular weight excluding hydrogens is 318 g/mol. The number of carbonyl (C=O) groups is 1. The number of hydrogen-bond donors (Lipinski definition) is 3. The Hall–Kier alpha value is -3.28. The predicted octanol–water partition coefficient (Wildman–Crippen LogP) is 1.06. The fourth-order valence-electron chi connectivity index (χ4n) is 2.50. The molecule has 0 saturated carbocycles. The van der Waals surface area contributed by atoms with Crippen molar-refractivity contribution in [1.29, 1.82) is 0 Å². The van der Waals surface area contributed by atoms with Gasteiger partial charge in [0, 0.05) is 11.9 Å². The maximum absolute atomic E-state index is 12.1. The highest BCUT2D eigenvalue weighted by Gasteiger charge is 2.08. The van der Waals surface area contributed by atoms with E-state index in [1.165, 1.54) is 0 Å². The Balaban J connectivity index is 1.93. The van der Waals surface area contributed by atoms with Gasteiger partial charge in [-0.15, -0.1) is 0 Å². The lowest BCUT2D eigenvalue weighted by Crippen LogP contribution is -2.33. The van der Waals surface area contributed by atoms with E-state index in [9.17, 15) is 9.59 Å². The summed E-state index contributed by atoms with van der Waals surface area (Å²) in [6.45, 7) is 2.07. The zero-order valence-corrected chi connectivity index (χ0v) is 13.8. The van der Waals surface area contributed by atoms with E-state index in [1.54, 1.807) is 25.3 Å². The average molecular weight is 337 g/mol. The molecule has 0 aliphatic heterocycles. The van der Waals surface area contributed by atoms with Crippen molar-refractivity contribution in [3.63, 3.8) is 0 Å². The van der Waals surface area contributed by atoms with E-state index < -0.39 is 5.97 Å². The van der Waals surface area contributed by atoms with Crippen LogP contribution in [0.1, 0.15) is 28.5 Å². The van der Waals surface area contributed by atoms with Gasteiger partial charge in [0.05, 0.1) is 22.7 Å². The molecule has 0 aliphatic rings. The lowest BCUT2D eigenvalue weighted by Gasteiger charge is -1.96. The number of aromatic amines is 3. The van der Waals surface area contributed by atoms with Crippen LogP contribution in [0.4, 0.5) is 0 Å². The number of aromatic nitrogens is 3. The maximum atomic E-state index is 12.1. The second-order valence-electron chi connectivity index (χ2n) is 5.51. The quantitative estimate of drug-likeness (QED) is 0.608. The van der Waals surface area contributed by atoms with Crippen molar-refractivity contribution in [3.05, 3.63) is 80.3 Å². The number of esters is 1. The molecule has 0 bridgehead atoms. The van der Waals surface area contributed by atoms with Crippen molar-refractivity contribution in [3.8, 4) is 0 Å². The van der Waals surface area contributed by atoms with Crippen LogP contribution in [0.2, 0.25) is 0 Å². The Bertz CT molecular complexity index is 1030. The van der Waals surface area contributed by atoms with Gasteiger partial charge in [-0.3, -0.25) is 15.0 Å². The highest BCUT2D eigenvalue weighted by Crippen LogP contribution is 2.05. The lowest BCUT2D eigenvalue weighted by atomic mass is 10.1. The second kappa shape index (κ2) is 7.53. The third-order valence-electron chi connectivity index (χ3n) is 3.75. The van der Waals surface area contributed by atoms with Crippen molar-refractivity contribution in [2.75, 3.05) is 6.61 Å². The van der Waals surface area contributed by atoms with Gasteiger partial charge in [0.2, 0.25) is 0 Å². The number of rotatable bonds is 5. The number of hydrogen-bond acceptors (Lipinski definition) is 3. The molecule has 6 heteroatoms. The zero-order chi connectivity index (χ0) is 17.6. The molecule has 0 unspecified atom stereocenters. The SMILES string of the molecule is CCOC(=O)c1c[nH]c(C=c2c(=O)[nH][nH]c2=CCc2ccccc2)c1. The third kappa shape index (κ3) is 3.98. The van der Waals surface area contributed by atoms with E-state index >= 15 is 0 Å². The van der Waals surface area contributed by atoms with Gasteiger partial charge in [-0.05, 0) is 31.1 Å². The van der Waals surface area contributed by atoms with Crippen LogP contribution in [0.5, 0.6) is 0 Å². The summed E-state index contributed by atoms with van der Waals surface area (Å²) >= 11 is 0. The first kappa shape index (κ1) is 16.6. The van der Waals surface area contributed by atoms with E-state index in [0.29, 0.717) is 34.9 Å². The molecule has 0 fully saturated rings. The van der Waals surface area contributed by atoms with Crippen LogP contribution in [0, 0.1) is 0 Å². The summed E-state index contributed by atoms with van der Waals surface area (Å²) in [5.41, 5.74) is 2.02. The molecule has 0 amide bonds. The van der Waals surface area contributed by atoms with Crippen LogP contribution in [0.15, 0.2) is 47.4 Å². The number of carbonyl (C=O) groups excluding carboxylic acids is 1. The van der Waals surface area contributed by atoms with Gasteiger partial charge < -0.3 is 9.72 Å². The molecule has 2 aromatic heterocycles. The van der Waals surface area contributed by atoms with Crippen LogP contribution >= 0.6 is 0 Å². The molecule has 0 saturated heterocycles. The first-order chi connectivity index (χ1) is 12.2. The standard InChI is InChI=1S/C19H19N3O3/c1-2-25-19(24)14-10-15(20-12-14)11-16-17(21-22-18(16)23)9-8-13-6-4-3-5-7-13/h3-7,9-12,20-21H,2,8H2,1H3,(H,22,23). The minimum Gasteiger partial charge on any atom is -0.462 e. The molecule has 0 radical (unpaired) electrons. The first-order valence-electron chi connectivity index (χ1n) is 8.05. The lowest BCUT2D eigenvalue weighted by molar-refractivity contribution is 0.0526.